The van der Waals surface area contributed by atoms with Gasteiger partial charge in [0.2, 0.25) is 0 Å². The second-order valence-corrected chi connectivity index (χ2v) is 3.58. The molecule has 1 unspecified atom stereocenters. The molecule has 1 atom stereocenters. The molecule has 1 aromatic carbocycles. The second kappa shape index (κ2) is 5.70. The van der Waals surface area contributed by atoms with Gasteiger partial charge in [-0.3, -0.25) is 4.79 Å². The number of carboxylic acids is 1. The lowest BCUT2D eigenvalue weighted by molar-refractivity contribution is -0.138. The molecule has 0 spiro atoms. The zero-order valence-corrected chi connectivity index (χ0v) is 9.24. The third-order valence-corrected chi connectivity index (χ3v) is 2.31. The van der Waals surface area contributed by atoms with Crippen molar-refractivity contribution in [3.63, 3.8) is 0 Å². The Morgan fingerprint density at radius 3 is 2.71 bits per heavy atom. The van der Waals surface area contributed by atoms with Crippen molar-refractivity contribution in [1.82, 2.24) is 0 Å². The molecule has 0 saturated carbocycles. The predicted octanol–water partition coefficient (Wildman–Crippen LogP) is 1.07. The van der Waals surface area contributed by atoms with Crippen LogP contribution >= 0.6 is 0 Å². The van der Waals surface area contributed by atoms with Gasteiger partial charge in [0.25, 0.3) is 0 Å². The number of hydrogen-bond donors (Lipinski definition) is 2. The lowest BCUT2D eigenvalue weighted by Gasteiger charge is -2.11. The van der Waals surface area contributed by atoms with Crippen LogP contribution in [0.5, 0.6) is 0 Å². The Morgan fingerprint density at radius 1 is 1.53 bits per heavy atom. The fraction of sp³-hybridized carbons (Fsp3) is 0.364. The van der Waals surface area contributed by atoms with E-state index >= 15 is 0 Å². The summed E-state index contributed by atoms with van der Waals surface area (Å²) in [4.78, 5) is 10.5. The fourth-order valence-electron chi connectivity index (χ4n) is 1.40. The number of aliphatic carboxylic acids is 1. The number of rotatable bonds is 5. The molecule has 1 rings (SSSR count). The van der Waals surface area contributed by atoms with Crippen LogP contribution in [0.3, 0.4) is 0 Å². The Bertz CT molecular complexity index is 423. The molecule has 3 N–H and O–H groups in total. The minimum absolute atomic E-state index is 0.0633. The van der Waals surface area contributed by atoms with Gasteiger partial charge < -0.3 is 15.6 Å². The third kappa shape index (κ3) is 3.21. The van der Waals surface area contributed by atoms with E-state index in [4.69, 9.17) is 10.8 Å². The molecular weight excluding hydrogens is 232 g/mol. The normalized spacial score (nSPS) is 12.5. The van der Waals surface area contributed by atoms with Crippen LogP contribution in [-0.2, 0) is 22.6 Å². The highest BCUT2D eigenvalue weighted by atomic mass is 19.1. The van der Waals surface area contributed by atoms with Crippen molar-refractivity contribution in [2.75, 3.05) is 7.11 Å². The van der Waals surface area contributed by atoms with Gasteiger partial charge in [0.1, 0.15) is 17.7 Å². The molecule has 6 heteroatoms. The zero-order chi connectivity index (χ0) is 13.0. The van der Waals surface area contributed by atoms with Crippen molar-refractivity contribution in [2.24, 2.45) is 5.73 Å². The molecule has 0 radical (unpaired) electrons. The molecule has 0 aromatic heterocycles. The van der Waals surface area contributed by atoms with E-state index in [0.717, 1.165) is 6.07 Å². The Balaban J connectivity index is 3.01. The highest BCUT2D eigenvalue weighted by Gasteiger charge is 2.18. The summed E-state index contributed by atoms with van der Waals surface area (Å²) in [5, 5.41) is 8.62. The molecule has 17 heavy (non-hydrogen) atoms. The smallest absolute Gasteiger partial charge is 0.320 e. The van der Waals surface area contributed by atoms with Gasteiger partial charge >= 0.3 is 5.97 Å². The number of nitrogens with two attached hydrogens (primary N) is 1. The average Bonchev–Trinajstić information content (AvgIpc) is 2.28. The van der Waals surface area contributed by atoms with Crippen molar-refractivity contribution in [2.45, 2.75) is 19.1 Å². The number of carbonyl (C=O) groups is 1. The van der Waals surface area contributed by atoms with Crippen LogP contribution < -0.4 is 5.73 Å². The van der Waals surface area contributed by atoms with Crippen LogP contribution in [0.4, 0.5) is 8.78 Å². The van der Waals surface area contributed by atoms with Gasteiger partial charge in [0, 0.05) is 19.1 Å². The first-order valence-electron chi connectivity index (χ1n) is 4.90. The largest absolute Gasteiger partial charge is 0.480 e. The van der Waals surface area contributed by atoms with E-state index < -0.39 is 23.6 Å². The van der Waals surface area contributed by atoms with Crippen LogP contribution in [0.2, 0.25) is 0 Å². The van der Waals surface area contributed by atoms with Gasteiger partial charge in [-0.15, -0.1) is 0 Å². The summed E-state index contributed by atoms with van der Waals surface area (Å²) in [7, 11) is 1.31. The summed E-state index contributed by atoms with van der Waals surface area (Å²) in [6.07, 6.45) is -0.196. The van der Waals surface area contributed by atoms with Gasteiger partial charge in [-0.2, -0.15) is 0 Å². The maximum absolute atomic E-state index is 13.8. The minimum atomic E-state index is -1.23. The van der Waals surface area contributed by atoms with Crippen molar-refractivity contribution in [3.8, 4) is 0 Å². The number of carboxylic acid groups (broad SMARTS) is 1. The summed E-state index contributed by atoms with van der Waals surface area (Å²) in [5.74, 6) is -2.76. The molecule has 0 bridgehead atoms. The summed E-state index contributed by atoms with van der Waals surface area (Å²) in [5.41, 5.74) is 5.13. The Hall–Kier alpha value is -1.53. The van der Waals surface area contributed by atoms with E-state index in [1.165, 1.54) is 13.2 Å². The van der Waals surface area contributed by atoms with E-state index in [1.54, 1.807) is 0 Å². The molecule has 0 aliphatic heterocycles. The minimum Gasteiger partial charge on any atom is -0.480 e. The van der Waals surface area contributed by atoms with Crippen LogP contribution in [0.25, 0.3) is 0 Å². The first kappa shape index (κ1) is 13.5. The van der Waals surface area contributed by atoms with E-state index in [2.05, 4.69) is 4.74 Å². The van der Waals surface area contributed by atoms with Crippen molar-refractivity contribution in [1.29, 1.82) is 0 Å². The van der Waals surface area contributed by atoms with Crippen LogP contribution in [0.15, 0.2) is 12.1 Å². The predicted molar refractivity (Wildman–Crippen MR) is 56.4 cm³/mol. The van der Waals surface area contributed by atoms with Crippen molar-refractivity contribution in [3.05, 3.63) is 34.9 Å². The molecule has 0 heterocycles. The average molecular weight is 245 g/mol. The maximum Gasteiger partial charge on any atom is 0.320 e. The SMILES string of the molecule is COCc1c(F)ccc(CC(N)C(=O)O)c1F. The highest BCUT2D eigenvalue weighted by Crippen LogP contribution is 2.18. The van der Waals surface area contributed by atoms with Gasteiger partial charge in [-0.25, -0.2) is 8.78 Å². The maximum atomic E-state index is 13.8. The number of ether oxygens (including phenoxy) is 1. The Kier molecular flexibility index (Phi) is 4.53. The monoisotopic (exact) mass is 245 g/mol. The van der Waals surface area contributed by atoms with Gasteiger partial charge in [0.05, 0.1) is 6.61 Å². The van der Waals surface area contributed by atoms with E-state index in [-0.39, 0.29) is 24.2 Å². The molecule has 1 aromatic rings. The lowest BCUT2D eigenvalue weighted by atomic mass is 10.0. The van der Waals surface area contributed by atoms with Crippen LogP contribution in [0, 0.1) is 11.6 Å². The van der Waals surface area contributed by atoms with E-state index in [1.807, 2.05) is 0 Å². The topological polar surface area (TPSA) is 72.5 Å². The fourth-order valence-corrected chi connectivity index (χ4v) is 1.40. The number of benzene rings is 1. The third-order valence-electron chi connectivity index (χ3n) is 2.31. The Labute approximate surface area is 97.0 Å². The lowest BCUT2D eigenvalue weighted by Crippen LogP contribution is -2.32. The van der Waals surface area contributed by atoms with Gasteiger partial charge in [-0.05, 0) is 11.6 Å². The van der Waals surface area contributed by atoms with Crippen molar-refractivity contribution < 1.29 is 23.4 Å². The molecule has 0 aliphatic rings. The summed E-state index contributed by atoms with van der Waals surface area (Å²) in [6, 6.07) is 1.04. The molecule has 0 saturated heterocycles. The standard InChI is InChI=1S/C11H13F2NO3/c1-17-5-7-8(12)3-2-6(10(7)13)4-9(14)11(15)16/h2-3,9H,4-5,14H2,1H3,(H,15,16). The van der Waals surface area contributed by atoms with Gasteiger partial charge in [0.15, 0.2) is 0 Å². The molecular formula is C11H13F2NO3. The number of halogens is 2. The molecule has 0 aliphatic carbocycles. The van der Waals surface area contributed by atoms with E-state index in [9.17, 15) is 13.6 Å². The summed E-state index contributed by atoms with van der Waals surface area (Å²) >= 11 is 0. The number of hydrogen-bond acceptors (Lipinski definition) is 3. The zero-order valence-electron chi connectivity index (χ0n) is 9.24. The quantitative estimate of drug-likeness (QED) is 0.813. The highest BCUT2D eigenvalue weighted by molar-refractivity contribution is 5.73. The Morgan fingerprint density at radius 2 is 2.18 bits per heavy atom. The molecule has 0 amide bonds. The van der Waals surface area contributed by atoms with Crippen LogP contribution in [-0.4, -0.2) is 24.2 Å². The first-order valence-corrected chi connectivity index (χ1v) is 4.90. The molecule has 94 valence electrons. The van der Waals surface area contributed by atoms with Crippen LogP contribution in [0.1, 0.15) is 11.1 Å². The first-order chi connectivity index (χ1) is 7.97. The summed E-state index contributed by atoms with van der Waals surface area (Å²) in [6.45, 7) is -0.214. The molecule has 0 fully saturated rings. The molecule has 4 nitrogen and oxygen atoms in total. The summed E-state index contributed by atoms with van der Waals surface area (Å²) < 4.78 is 31.7. The van der Waals surface area contributed by atoms with E-state index in [0.29, 0.717) is 0 Å². The second-order valence-electron chi connectivity index (χ2n) is 3.58. The number of methoxy groups -OCH3 is 1. The van der Waals surface area contributed by atoms with Gasteiger partial charge in [-0.1, -0.05) is 6.07 Å². The van der Waals surface area contributed by atoms with Crippen molar-refractivity contribution >= 4 is 5.97 Å².